The summed E-state index contributed by atoms with van der Waals surface area (Å²) in [7, 11) is 1.67. The van der Waals surface area contributed by atoms with E-state index in [2.05, 4.69) is 5.32 Å². The Bertz CT molecular complexity index is 210. The molecule has 0 fully saturated rings. The van der Waals surface area contributed by atoms with E-state index in [1.807, 2.05) is 6.07 Å². The monoisotopic (exact) mass is 138 g/mol. The van der Waals surface area contributed by atoms with Gasteiger partial charge in [-0.3, -0.25) is 0 Å². The average molecular weight is 138 g/mol. The van der Waals surface area contributed by atoms with Crippen molar-refractivity contribution in [2.24, 2.45) is 0 Å². The first-order valence-electron chi connectivity index (χ1n) is 3.13. The highest BCUT2D eigenvalue weighted by molar-refractivity contribution is 5.16. The van der Waals surface area contributed by atoms with Gasteiger partial charge in [0, 0.05) is 19.2 Å². The Morgan fingerprint density at radius 2 is 2.10 bits per heavy atom. The van der Waals surface area contributed by atoms with Crippen molar-refractivity contribution in [3.05, 3.63) is 35.6 Å². The van der Waals surface area contributed by atoms with E-state index in [1.165, 1.54) is 6.07 Å². The Kier molecular flexibility index (Phi) is 2.40. The number of rotatable bonds is 2. The molecule has 1 nitrogen and oxygen atoms in total. The van der Waals surface area contributed by atoms with Crippen LogP contribution in [0, 0.1) is 5.82 Å². The Morgan fingerprint density at radius 3 is 2.70 bits per heavy atom. The topological polar surface area (TPSA) is 14.1 Å². The summed E-state index contributed by atoms with van der Waals surface area (Å²) in [5, 5.41) is 3.83. The zero-order chi connectivity index (χ0) is 7.40. The van der Waals surface area contributed by atoms with Gasteiger partial charge in [0.25, 0.3) is 0 Å². The van der Waals surface area contributed by atoms with Gasteiger partial charge in [-0.1, -0.05) is 18.2 Å². The van der Waals surface area contributed by atoms with Crippen LogP contribution < -0.4 is 5.32 Å². The molecule has 0 bridgehead atoms. The van der Waals surface area contributed by atoms with Gasteiger partial charge in [0.1, 0.15) is 5.82 Å². The average Bonchev–Trinajstić information content (AvgIpc) is 1.94. The maximum absolute atomic E-state index is 12.7. The van der Waals surface area contributed by atoms with Gasteiger partial charge in [0.2, 0.25) is 0 Å². The van der Waals surface area contributed by atoms with Crippen molar-refractivity contribution < 1.29 is 4.39 Å². The Morgan fingerprint density at radius 1 is 1.40 bits per heavy atom. The Balaban J connectivity index is 2.81. The SMILES string of the molecule is C[N]Cc1ccccc1F. The molecule has 0 N–H and O–H groups in total. The molecular formula is C8H9FN. The lowest BCUT2D eigenvalue weighted by Gasteiger charge is -1.97. The van der Waals surface area contributed by atoms with Crippen molar-refractivity contribution in [3.8, 4) is 0 Å². The lowest BCUT2D eigenvalue weighted by molar-refractivity contribution is 0.599. The molecule has 0 aromatic heterocycles. The van der Waals surface area contributed by atoms with Crippen molar-refractivity contribution in [1.82, 2.24) is 5.32 Å². The smallest absolute Gasteiger partial charge is 0.127 e. The zero-order valence-corrected chi connectivity index (χ0v) is 5.84. The molecule has 0 amide bonds. The molecule has 0 saturated heterocycles. The van der Waals surface area contributed by atoms with Gasteiger partial charge in [-0.2, -0.15) is 0 Å². The number of hydrogen-bond acceptors (Lipinski definition) is 0. The van der Waals surface area contributed by atoms with Crippen molar-refractivity contribution in [1.29, 1.82) is 0 Å². The molecule has 2 heteroatoms. The molecule has 1 aromatic rings. The summed E-state index contributed by atoms with van der Waals surface area (Å²) < 4.78 is 12.7. The van der Waals surface area contributed by atoms with E-state index in [0.717, 1.165) is 0 Å². The molecule has 1 aromatic carbocycles. The van der Waals surface area contributed by atoms with Crippen molar-refractivity contribution in [2.45, 2.75) is 6.54 Å². The lowest BCUT2D eigenvalue weighted by Crippen LogP contribution is -1.98. The van der Waals surface area contributed by atoms with E-state index in [1.54, 1.807) is 19.2 Å². The molecule has 1 radical (unpaired) electrons. The second kappa shape index (κ2) is 3.32. The van der Waals surface area contributed by atoms with Crippen LogP contribution in [0.1, 0.15) is 5.56 Å². The first-order chi connectivity index (χ1) is 4.84. The van der Waals surface area contributed by atoms with Crippen LogP contribution in [-0.2, 0) is 6.54 Å². The van der Waals surface area contributed by atoms with E-state index >= 15 is 0 Å². The number of benzene rings is 1. The lowest BCUT2D eigenvalue weighted by atomic mass is 10.2. The van der Waals surface area contributed by atoms with Crippen molar-refractivity contribution >= 4 is 0 Å². The molecule has 0 atom stereocenters. The summed E-state index contributed by atoms with van der Waals surface area (Å²) in [4.78, 5) is 0. The second-order valence-electron chi connectivity index (χ2n) is 2.07. The maximum atomic E-state index is 12.7. The van der Waals surface area contributed by atoms with Gasteiger partial charge in [-0.25, -0.2) is 9.71 Å². The predicted molar refractivity (Wildman–Crippen MR) is 38.2 cm³/mol. The Hall–Kier alpha value is -0.890. The highest BCUT2D eigenvalue weighted by Gasteiger charge is 1.96. The highest BCUT2D eigenvalue weighted by Crippen LogP contribution is 2.04. The molecule has 0 aliphatic carbocycles. The number of hydrogen-bond donors (Lipinski definition) is 0. The first kappa shape index (κ1) is 7.22. The van der Waals surface area contributed by atoms with Gasteiger partial charge in [-0.15, -0.1) is 0 Å². The molecular weight excluding hydrogens is 129 g/mol. The maximum Gasteiger partial charge on any atom is 0.127 e. The normalized spacial score (nSPS) is 9.80. The van der Waals surface area contributed by atoms with Gasteiger partial charge in [0.05, 0.1) is 0 Å². The summed E-state index contributed by atoms with van der Waals surface area (Å²) >= 11 is 0. The van der Waals surface area contributed by atoms with E-state index in [0.29, 0.717) is 12.1 Å². The fourth-order valence-electron chi connectivity index (χ4n) is 0.797. The standard InChI is InChI=1S/C8H9FN/c1-10-6-7-4-2-3-5-8(7)9/h2-5H,6H2,1H3. The minimum atomic E-state index is -0.173. The fourth-order valence-corrected chi connectivity index (χ4v) is 0.797. The van der Waals surface area contributed by atoms with Crippen molar-refractivity contribution in [2.75, 3.05) is 7.05 Å². The summed E-state index contributed by atoms with van der Waals surface area (Å²) in [6.07, 6.45) is 0. The molecule has 0 unspecified atom stereocenters. The molecule has 0 aliphatic rings. The minimum Gasteiger partial charge on any atom is -0.240 e. The summed E-state index contributed by atoms with van der Waals surface area (Å²) in [5.74, 6) is -0.173. The Labute approximate surface area is 59.9 Å². The van der Waals surface area contributed by atoms with Crippen molar-refractivity contribution in [3.63, 3.8) is 0 Å². The van der Waals surface area contributed by atoms with Crippen LogP contribution in [0.4, 0.5) is 4.39 Å². The zero-order valence-electron chi connectivity index (χ0n) is 5.84. The molecule has 1 rings (SSSR count). The van der Waals surface area contributed by atoms with Crippen LogP contribution in [0.3, 0.4) is 0 Å². The summed E-state index contributed by atoms with van der Waals surface area (Å²) in [5.41, 5.74) is 0.657. The second-order valence-corrected chi connectivity index (χ2v) is 2.07. The third kappa shape index (κ3) is 1.54. The van der Waals surface area contributed by atoms with Crippen LogP contribution in [0.25, 0.3) is 0 Å². The molecule has 0 heterocycles. The number of halogens is 1. The van der Waals surface area contributed by atoms with E-state index in [9.17, 15) is 4.39 Å². The van der Waals surface area contributed by atoms with E-state index in [4.69, 9.17) is 0 Å². The van der Waals surface area contributed by atoms with Crippen LogP contribution in [-0.4, -0.2) is 7.05 Å². The molecule has 0 saturated carbocycles. The molecule has 0 aliphatic heterocycles. The fraction of sp³-hybridized carbons (Fsp3) is 0.250. The first-order valence-corrected chi connectivity index (χ1v) is 3.13. The quantitative estimate of drug-likeness (QED) is 0.588. The van der Waals surface area contributed by atoms with Gasteiger partial charge in [0.15, 0.2) is 0 Å². The van der Waals surface area contributed by atoms with Gasteiger partial charge < -0.3 is 0 Å². The molecule has 0 spiro atoms. The van der Waals surface area contributed by atoms with Crippen LogP contribution in [0.15, 0.2) is 24.3 Å². The van der Waals surface area contributed by atoms with Gasteiger partial charge in [-0.05, 0) is 6.07 Å². The summed E-state index contributed by atoms with van der Waals surface area (Å²) in [6, 6.07) is 6.67. The third-order valence-corrected chi connectivity index (χ3v) is 1.29. The molecule has 10 heavy (non-hydrogen) atoms. The highest BCUT2D eigenvalue weighted by atomic mass is 19.1. The molecule has 53 valence electrons. The van der Waals surface area contributed by atoms with Crippen LogP contribution in [0.2, 0.25) is 0 Å². The number of nitrogens with zero attached hydrogens (tertiary/aromatic N) is 1. The largest absolute Gasteiger partial charge is 0.240 e. The van der Waals surface area contributed by atoms with Crippen LogP contribution >= 0.6 is 0 Å². The summed E-state index contributed by atoms with van der Waals surface area (Å²) in [6.45, 7) is 0.465. The van der Waals surface area contributed by atoms with Gasteiger partial charge >= 0.3 is 0 Å². The third-order valence-electron chi connectivity index (χ3n) is 1.29. The van der Waals surface area contributed by atoms with E-state index < -0.39 is 0 Å². The van der Waals surface area contributed by atoms with Crippen LogP contribution in [0.5, 0.6) is 0 Å². The predicted octanol–water partition coefficient (Wildman–Crippen LogP) is 1.56. The minimum absolute atomic E-state index is 0.173. The van der Waals surface area contributed by atoms with E-state index in [-0.39, 0.29) is 5.82 Å².